The molecule has 0 radical (unpaired) electrons. The molecule has 76 valence electrons. The zero-order valence-corrected chi connectivity index (χ0v) is 8.46. The van der Waals surface area contributed by atoms with Crippen molar-refractivity contribution in [3.8, 4) is 0 Å². The highest BCUT2D eigenvalue weighted by Crippen LogP contribution is 2.20. The van der Waals surface area contributed by atoms with E-state index in [1.54, 1.807) is 0 Å². The lowest BCUT2D eigenvalue weighted by molar-refractivity contribution is -0.00937. The second-order valence-corrected chi connectivity index (χ2v) is 4.19. The minimum Gasteiger partial charge on any atom is -0.381 e. The molecule has 0 spiro atoms. The highest BCUT2D eigenvalue weighted by Gasteiger charge is 2.28. The lowest BCUT2D eigenvalue weighted by atomic mass is 9.95. The van der Waals surface area contributed by atoms with Crippen molar-refractivity contribution in [1.29, 1.82) is 0 Å². The Balaban J connectivity index is 1.88. The fourth-order valence-electron chi connectivity index (χ4n) is 2.43. The molecular formula is C10H20N2O. The molecule has 2 rings (SSSR count). The van der Waals surface area contributed by atoms with Gasteiger partial charge in [0.1, 0.15) is 0 Å². The monoisotopic (exact) mass is 184 g/mol. The Hall–Kier alpha value is -0.120. The van der Waals surface area contributed by atoms with Crippen LogP contribution in [0.4, 0.5) is 0 Å². The molecule has 3 heteroatoms. The molecule has 0 aliphatic carbocycles. The number of nitrogens with one attached hydrogen (secondary N) is 1. The Labute approximate surface area is 80.4 Å². The van der Waals surface area contributed by atoms with Crippen LogP contribution in [0.2, 0.25) is 0 Å². The van der Waals surface area contributed by atoms with Gasteiger partial charge in [0.25, 0.3) is 0 Å². The molecular weight excluding hydrogens is 164 g/mol. The first kappa shape index (κ1) is 9.44. The minimum absolute atomic E-state index is 0.715. The van der Waals surface area contributed by atoms with Crippen LogP contribution in [0.1, 0.15) is 13.3 Å². The largest absolute Gasteiger partial charge is 0.381 e. The van der Waals surface area contributed by atoms with Crippen LogP contribution in [0.3, 0.4) is 0 Å². The number of hydrogen-bond acceptors (Lipinski definition) is 3. The van der Waals surface area contributed by atoms with Crippen molar-refractivity contribution in [3.63, 3.8) is 0 Å². The molecule has 0 amide bonds. The van der Waals surface area contributed by atoms with E-state index in [2.05, 4.69) is 17.1 Å². The maximum absolute atomic E-state index is 5.46. The van der Waals surface area contributed by atoms with Crippen LogP contribution >= 0.6 is 0 Å². The number of piperazine rings is 1. The lowest BCUT2D eigenvalue weighted by Crippen LogP contribution is -2.52. The highest BCUT2D eigenvalue weighted by molar-refractivity contribution is 4.82. The van der Waals surface area contributed by atoms with Gasteiger partial charge < -0.3 is 10.1 Å². The van der Waals surface area contributed by atoms with Gasteiger partial charge in [-0.1, -0.05) is 6.92 Å². The summed E-state index contributed by atoms with van der Waals surface area (Å²) in [5.74, 6) is 0.715. The summed E-state index contributed by atoms with van der Waals surface area (Å²) in [5.41, 5.74) is 0. The van der Waals surface area contributed by atoms with Crippen molar-refractivity contribution in [3.05, 3.63) is 0 Å². The van der Waals surface area contributed by atoms with Gasteiger partial charge in [0.15, 0.2) is 0 Å². The summed E-state index contributed by atoms with van der Waals surface area (Å²) < 4.78 is 5.46. The smallest absolute Gasteiger partial charge is 0.0506 e. The molecule has 0 aromatic rings. The van der Waals surface area contributed by atoms with E-state index in [0.29, 0.717) is 5.92 Å². The van der Waals surface area contributed by atoms with Crippen molar-refractivity contribution in [2.45, 2.75) is 19.4 Å². The Kier molecular flexibility index (Phi) is 3.19. The van der Waals surface area contributed by atoms with Crippen LogP contribution in [0.25, 0.3) is 0 Å². The van der Waals surface area contributed by atoms with Gasteiger partial charge in [-0.2, -0.15) is 0 Å². The van der Waals surface area contributed by atoms with Crippen molar-refractivity contribution in [1.82, 2.24) is 10.2 Å². The normalized spacial score (nSPS) is 37.6. The Morgan fingerprint density at radius 1 is 1.31 bits per heavy atom. The predicted octanol–water partition coefficient (Wildman–Crippen LogP) is 0.317. The SMILES string of the molecule is C[C@H]1COCC[C@@H]1N1CCNCC1. The quantitative estimate of drug-likeness (QED) is 0.635. The predicted molar refractivity (Wildman–Crippen MR) is 52.8 cm³/mol. The third kappa shape index (κ3) is 2.22. The van der Waals surface area contributed by atoms with Crippen molar-refractivity contribution in [2.75, 3.05) is 39.4 Å². The number of ether oxygens (including phenoxy) is 1. The molecule has 13 heavy (non-hydrogen) atoms. The van der Waals surface area contributed by atoms with E-state index in [4.69, 9.17) is 4.74 Å². The number of rotatable bonds is 1. The Bertz CT molecular complexity index is 157. The highest BCUT2D eigenvalue weighted by atomic mass is 16.5. The first-order valence-corrected chi connectivity index (χ1v) is 5.40. The number of nitrogens with zero attached hydrogens (tertiary/aromatic N) is 1. The van der Waals surface area contributed by atoms with Gasteiger partial charge in [-0.15, -0.1) is 0 Å². The van der Waals surface area contributed by atoms with E-state index in [1.165, 1.54) is 19.5 Å². The second-order valence-electron chi connectivity index (χ2n) is 4.19. The zero-order valence-electron chi connectivity index (χ0n) is 8.46. The molecule has 2 heterocycles. The zero-order chi connectivity index (χ0) is 9.10. The van der Waals surface area contributed by atoms with Gasteiger partial charge in [0, 0.05) is 38.8 Å². The molecule has 0 aromatic carbocycles. The van der Waals surface area contributed by atoms with Gasteiger partial charge in [-0.25, -0.2) is 0 Å². The fourth-order valence-corrected chi connectivity index (χ4v) is 2.43. The molecule has 0 unspecified atom stereocenters. The number of hydrogen-bond donors (Lipinski definition) is 1. The lowest BCUT2D eigenvalue weighted by Gasteiger charge is -2.40. The van der Waals surface area contributed by atoms with Gasteiger partial charge >= 0.3 is 0 Å². The third-order valence-corrected chi connectivity index (χ3v) is 3.22. The van der Waals surface area contributed by atoms with Crippen molar-refractivity contribution >= 4 is 0 Å². The minimum atomic E-state index is 0.715. The summed E-state index contributed by atoms with van der Waals surface area (Å²) >= 11 is 0. The van der Waals surface area contributed by atoms with E-state index in [0.717, 1.165) is 32.3 Å². The van der Waals surface area contributed by atoms with E-state index in [9.17, 15) is 0 Å². The molecule has 2 aliphatic rings. The molecule has 0 saturated carbocycles. The van der Waals surface area contributed by atoms with E-state index >= 15 is 0 Å². The van der Waals surface area contributed by atoms with Gasteiger partial charge in [0.05, 0.1) is 6.61 Å². The maximum Gasteiger partial charge on any atom is 0.0506 e. The Morgan fingerprint density at radius 2 is 2.08 bits per heavy atom. The molecule has 0 aromatic heterocycles. The summed E-state index contributed by atoms with van der Waals surface area (Å²) in [6, 6.07) is 0.774. The van der Waals surface area contributed by atoms with Crippen LogP contribution in [-0.2, 0) is 4.74 Å². The standard InChI is InChI=1S/C10H20N2O/c1-9-8-13-7-2-10(9)12-5-3-11-4-6-12/h9-11H,2-8H2,1H3/t9-,10-/m0/s1. The van der Waals surface area contributed by atoms with Crippen LogP contribution < -0.4 is 5.32 Å². The van der Waals surface area contributed by atoms with E-state index in [-0.39, 0.29) is 0 Å². The summed E-state index contributed by atoms with van der Waals surface area (Å²) in [4.78, 5) is 2.63. The summed E-state index contributed by atoms with van der Waals surface area (Å²) in [6.07, 6.45) is 1.22. The topological polar surface area (TPSA) is 24.5 Å². The summed E-state index contributed by atoms with van der Waals surface area (Å²) in [5, 5.41) is 3.40. The molecule has 1 N–H and O–H groups in total. The average Bonchev–Trinajstić information content (AvgIpc) is 2.20. The van der Waals surface area contributed by atoms with Gasteiger partial charge in [0.2, 0.25) is 0 Å². The molecule has 2 fully saturated rings. The first-order chi connectivity index (χ1) is 6.38. The first-order valence-electron chi connectivity index (χ1n) is 5.40. The Morgan fingerprint density at radius 3 is 2.77 bits per heavy atom. The van der Waals surface area contributed by atoms with Crippen LogP contribution in [-0.4, -0.2) is 50.3 Å². The average molecular weight is 184 g/mol. The summed E-state index contributed by atoms with van der Waals surface area (Å²) in [6.45, 7) is 8.97. The van der Waals surface area contributed by atoms with E-state index < -0.39 is 0 Å². The second kappa shape index (κ2) is 4.40. The van der Waals surface area contributed by atoms with Crippen LogP contribution in [0.5, 0.6) is 0 Å². The van der Waals surface area contributed by atoms with Gasteiger partial charge in [-0.3, -0.25) is 4.90 Å². The van der Waals surface area contributed by atoms with E-state index in [1.807, 2.05) is 0 Å². The third-order valence-electron chi connectivity index (χ3n) is 3.22. The molecule has 2 aliphatic heterocycles. The summed E-state index contributed by atoms with van der Waals surface area (Å²) in [7, 11) is 0. The van der Waals surface area contributed by atoms with Crippen molar-refractivity contribution < 1.29 is 4.74 Å². The molecule has 2 saturated heterocycles. The molecule has 3 nitrogen and oxygen atoms in total. The molecule has 2 atom stereocenters. The van der Waals surface area contributed by atoms with Crippen molar-refractivity contribution in [2.24, 2.45) is 5.92 Å². The maximum atomic E-state index is 5.46. The van der Waals surface area contributed by atoms with Gasteiger partial charge in [-0.05, 0) is 12.3 Å². The molecule has 0 bridgehead atoms. The van der Waals surface area contributed by atoms with Crippen LogP contribution in [0.15, 0.2) is 0 Å². The fraction of sp³-hybridized carbons (Fsp3) is 1.00. The van der Waals surface area contributed by atoms with Crippen LogP contribution in [0, 0.1) is 5.92 Å².